The lowest BCUT2D eigenvalue weighted by atomic mass is 9.48. The van der Waals surface area contributed by atoms with Crippen molar-refractivity contribution in [1.29, 1.82) is 0 Å². The van der Waals surface area contributed by atoms with E-state index in [-0.39, 0.29) is 22.8 Å². The lowest BCUT2D eigenvalue weighted by molar-refractivity contribution is -0.140. The van der Waals surface area contributed by atoms with Crippen LogP contribution >= 0.6 is 0 Å². The summed E-state index contributed by atoms with van der Waals surface area (Å²) in [7, 11) is 1.99. The summed E-state index contributed by atoms with van der Waals surface area (Å²) in [6, 6.07) is 0.345. The van der Waals surface area contributed by atoms with E-state index in [0.29, 0.717) is 23.8 Å². The molecule has 0 bridgehead atoms. The van der Waals surface area contributed by atoms with E-state index in [0.717, 1.165) is 19.3 Å². The van der Waals surface area contributed by atoms with E-state index in [2.05, 4.69) is 19.9 Å². The molecule has 3 heteroatoms. The van der Waals surface area contributed by atoms with Gasteiger partial charge in [0.15, 0.2) is 0 Å². The first-order valence-corrected chi connectivity index (χ1v) is 11.7. The van der Waals surface area contributed by atoms with E-state index in [1.165, 1.54) is 50.5 Å². The molecule has 0 spiro atoms. The first-order valence-electron chi connectivity index (χ1n) is 11.7. The molecule has 28 heavy (non-hydrogen) atoms. The quantitative estimate of drug-likeness (QED) is 0.607. The van der Waals surface area contributed by atoms with Crippen LogP contribution in [-0.4, -0.2) is 35.1 Å². The Bertz CT molecular complexity index is 731. The van der Waals surface area contributed by atoms with Crippen molar-refractivity contribution in [2.24, 2.45) is 28.6 Å². The summed E-state index contributed by atoms with van der Waals surface area (Å²) < 4.78 is 0. The molecule has 1 N–H and O–H groups in total. The molecular formula is C25H37NO2. The monoisotopic (exact) mass is 383 g/mol. The van der Waals surface area contributed by atoms with Crippen LogP contribution in [0.1, 0.15) is 78.1 Å². The third-order valence-electron chi connectivity index (χ3n) is 9.87. The van der Waals surface area contributed by atoms with Gasteiger partial charge in [0.1, 0.15) is 0 Å². The molecule has 1 amide bonds. The Morgan fingerprint density at radius 1 is 1.07 bits per heavy atom. The molecule has 154 valence electrons. The molecular weight excluding hydrogens is 346 g/mol. The van der Waals surface area contributed by atoms with Crippen molar-refractivity contribution in [1.82, 2.24) is 4.90 Å². The highest BCUT2D eigenvalue weighted by Gasteiger charge is 2.61. The van der Waals surface area contributed by atoms with E-state index in [4.69, 9.17) is 0 Å². The minimum atomic E-state index is -0.219. The fourth-order valence-electron chi connectivity index (χ4n) is 8.19. The summed E-state index contributed by atoms with van der Waals surface area (Å²) >= 11 is 0. The Labute approximate surface area is 170 Å². The Kier molecular flexibility index (Phi) is 4.36. The fourth-order valence-corrected chi connectivity index (χ4v) is 8.19. The average molecular weight is 384 g/mol. The van der Waals surface area contributed by atoms with Gasteiger partial charge in [0.25, 0.3) is 0 Å². The number of allylic oxidation sites excluding steroid dienone is 1. The number of fused-ring (bicyclic) bond motifs is 5. The number of carbonyl (C=O) groups excluding carboxylic acids is 1. The molecule has 0 aromatic rings. The zero-order valence-electron chi connectivity index (χ0n) is 17.9. The van der Waals surface area contributed by atoms with Crippen LogP contribution in [0.3, 0.4) is 0 Å². The van der Waals surface area contributed by atoms with Crippen molar-refractivity contribution >= 4 is 5.91 Å². The van der Waals surface area contributed by atoms with Gasteiger partial charge in [-0.25, -0.2) is 0 Å². The predicted molar refractivity (Wildman–Crippen MR) is 112 cm³/mol. The first-order chi connectivity index (χ1) is 13.4. The molecule has 0 aromatic carbocycles. The molecule has 0 aromatic heterocycles. The summed E-state index contributed by atoms with van der Waals surface area (Å²) in [5.74, 6) is 2.10. The number of nitrogens with zero attached hydrogens (tertiary/aromatic N) is 1. The van der Waals surface area contributed by atoms with E-state index < -0.39 is 0 Å². The average Bonchev–Trinajstić information content (AvgIpc) is 2.97. The number of carbonyl (C=O) groups is 1. The topological polar surface area (TPSA) is 40.5 Å². The standard InChI is InChI=1S/C25H37NO2/c1-24-14-12-22(27)26(3)21(24)10-9-17-19(24)11-13-25(2)20(17)15-18(23(25)28)16-7-5-4-6-8-16/h12,14,17,19-21,23,28H,4-11,13,15H2,1-3H3/t17-,19-,20+,21?,23?,24-,25+/m1/s1. The van der Waals surface area contributed by atoms with E-state index in [1.807, 2.05) is 18.0 Å². The number of aliphatic hydroxyl groups is 1. The highest BCUT2D eigenvalue weighted by molar-refractivity contribution is 5.89. The van der Waals surface area contributed by atoms with Crippen LogP contribution in [0.5, 0.6) is 0 Å². The molecule has 4 fully saturated rings. The minimum absolute atomic E-state index is 0.0598. The molecule has 5 aliphatic rings. The summed E-state index contributed by atoms with van der Waals surface area (Å²) in [6.07, 6.45) is 16.1. The van der Waals surface area contributed by atoms with Crippen molar-refractivity contribution < 1.29 is 9.90 Å². The van der Waals surface area contributed by atoms with Crippen LogP contribution in [0.25, 0.3) is 0 Å². The second kappa shape index (κ2) is 6.45. The zero-order valence-corrected chi connectivity index (χ0v) is 17.9. The van der Waals surface area contributed by atoms with Gasteiger partial charge in [-0.05, 0) is 87.2 Å². The number of likely N-dealkylation sites (N-methyl/N-ethyl adjacent to an activating group) is 1. The van der Waals surface area contributed by atoms with Gasteiger partial charge in [0.05, 0.1) is 6.10 Å². The number of rotatable bonds is 0. The number of aliphatic hydroxyl groups excluding tert-OH is 1. The maximum atomic E-state index is 12.2. The van der Waals surface area contributed by atoms with Gasteiger partial charge in [-0.2, -0.15) is 0 Å². The first kappa shape index (κ1) is 18.9. The van der Waals surface area contributed by atoms with Crippen molar-refractivity contribution in [3.8, 4) is 0 Å². The van der Waals surface area contributed by atoms with Gasteiger partial charge in [-0.3, -0.25) is 4.79 Å². The fraction of sp³-hybridized carbons (Fsp3) is 0.800. The molecule has 4 aliphatic carbocycles. The Balaban J connectivity index is 1.49. The van der Waals surface area contributed by atoms with Crippen LogP contribution in [0.4, 0.5) is 0 Å². The number of hydrogen-bond donors (Lipinski definition) is 1. The van der Waals surface area contributed by atoms with Gasteiger partial charge >= 0.3 is 0 Å². The highest BCUT2D eigenvalue weighted by Crippen LogP contribution is 2.65. The van der Waals surface area contributed by atoms with E-state index in [1.54, 1.807) is 5.57 Å². The summed E-state index contributed by atoms with van der Waals surface area (Å²) in [5.41, 5.74) is 3.20. The summed E-state index contributed by atoms with van der Waals surface area (Å²) in [5, 5.41) is 11.4. The molecule has 1 aliphatic heterocycles. The lowest BCUT2D eigenvalue weighted by Crippen LogP contribution is -2.59. The zero-order chi connectivity index (χ0) is 19.7. The normalized spacial score (nSPS) is 48.4. The van der Waals surface area contributed by atoms with Crippen LogP contribution in [0, 0.1) is 28.6 Å². The van der Waals surface area contributed by atoms with E-state index in [9.17, 15) is 9.90 Å². The Hall–Kier alpha value is -1.09. The second-order valence-electron chi connectivity index (χ2n) is 11.0. The maximum Gasteiger partial charge on any atom is 0.246 e. The SMILES string of the molecule is CN1C(=O)C=C[C@@]2(C)C1CC[C@@H]1[C@H]2CC[C@]2(C)C(O)C(=C3CCCCC3)C[C@@H]12. The molecule has 0 radical (unpaired) electrons. The second-order valence-corrected chi connectivity index (χ2v) is 11.0. The lowest BCUT2D eigenvalue weighted by Gasteiger charge is -2.59. The van der Waals surface area contributed by atoms with Crippen molar-refractivity contribution in [3.63, 3.8) is 0 Å². The molecule has 4 saturated carbocycles. The largest absolute Gasteiger partial charge is 0.388 e. The van der Waals surface area contributed by atoms with Gasteiger partial charge in [0, 0.05) is 23.9 Å². The maximum absolute atomic E-state index is 12.2. The molecule has 0 saturated heterocycles. The van der Waals surface area contributed by atoms with Crippen molar-refractivity contribution in [3.05, 3.63) is 23.3 Å². The number of hydrogen-bond acceptors (Lipinski definition) is 2. The third-order valence-corrected chi connectivity index (χ3v) is 9.87. The van der Waals surface area contributed by atoms with Gasteiger partial charge in [-0.15, -0.1) is 0 Å². The highest BCUT2D eigenvalue weighted by atomic mass is 16.3. The van der Waals surface area contributed by atoms with Gasteiger partial charge < -0.3 is 10.0 Å². The third kappa shape index (κ3) is 2.47. The van der Waals surface area contributed by atoms with Gasteiger partial charge in [0.2, 0.25) is 5.91 Å². The Morgan fingerprint density at radius 3 is 2.57 bits per heavy atom. The number of amides is 1. The summed E-state index contributed by atoms with van der Waals surface area (Å²) in [4.78, 5) is 14.2. The smallest absolute Gasteiger partial charge is 0.246 e. The molecule has 7 atom stereocenters. The van der Waals surface area contributed by atoms with Crippen LogP contribution in [0.15, 0.2) is 23.3 Å². The molecule has 1 heterocycles. The van der Waals surface area contributed by atoms with Crippen LogP contribution in [-0.2, 0) is 4.79 Å². The molecule has 2 unspecified atom stereocenters. The summed E-state index contributed by atoms with van der Waals surface area (Å²) in [6.45, 7) is 4.79. The van der Waals surface area contributed by atoms with E-state index >= 15 is 0 Å². The minimum Gasteiger partial charge on any atom is -0.388 e. The van der Waals surface area contributed by atoms with Gasteiger partial charge in [-0.1, -0.05) is 31.9 Å². The van der Waals surface area contributed by atoms with Crippen molar-refractivity contribution in [2.75, 3.05) is 7.05 Å². The van der Waals surface area contributed by atoms with Crippen molar-refractivity contribution in [2.45, 2.75) is 90.2 Å². The Morgan fingerprint density at radius 2 is 1.82 bits per heavy atom. The van der Waals surface area contributed by atoms with Crippen LogP contribution < -0.4 is 0 Å². The predicted octanol–water partition coefficient (Wildman–Crippen LogP) is 4.86. The van der Waals surface area contributed by atoms with Crippen LogP contribution in [0.2, 0.25) is 0 Å². The molecule has 5 rings (SSSR count). The molecule has 3 nitrogen and oxygen atoms in total.